The number of benzene rings is 1. The smallest absolute Gasteiger partial charge is 0.253 e. The second-order valence-electron chi connectivity index (χ2n) is 7.27. The first-order valence-electron chi connectivity index (χ1n) is 8.74. The Hall–Kier alpha value is -1.35. The largest absolute Gasteiger partial charge is 0.337 e. The van der Waals surface area contributed by atoms with Gasteiger partial charge in [0.15, 0.2) is 0 Å². The van der Waals surface area contributed by atoms with Gasteiger partial charge in [-0.15, -0.1) is 0 Å². The third-order valence-corrected chi connectivity index (χ3v) is 5.27. The monoisotopic (exact) mass is 300 g/mol. The number of hydrogen-bond acceptors (Lipinski definition) is 2. The number of carbonyl (C=O) groups is 1. The molecule has 2 fully saturated rings. The lowest BCUT2D eigenvalue weighted by molar-refractivity contribution is 0.0555. The van der Waals surface area contributed by atoms with Crippen LogP contribution in [0.3, 0.4) is 0 Å². The third-order valence-electron chi connectivity index (χ3n) is 5.27. The molecule has 1 unspecified atom stereocenters. The van der Waals surface area contributed by atoms with Gasteiger partial charge < -0.3 is 10.2 Å². The zero-order valence-corrected chi connectivity index (χ0v) is 13.9. The van der Waals surface area contributed by atoms with E-state index >= 15 is 0 Å². The molecule has 1 spiro atoms. The summed E-state index contributed by atoms with van der Waals surface area (Å²) in [7, 11) is 0. The number of likely N-dealkylation sites (tertiary alicyclic amines) is 1. The van der Waals surface area contributed by atoms with Crippen molar-refractivity contribution >= 4 is 5.91 Å². The van der Waals surface area contributed by atoms with Crippen molar-refractivity contribution in [3.8, 4) is 0 Å². The van der Waals surface area contributed by atoms with Gasteiger partial charge in [-0.1, -0.05) is 32.4 Å². The molecule has 1 aromatic rings. The van der Waals surface area contributed by atoms with Crippen LogP contribution in [0.25, 0.3) is 0 Å². The first-order valence-corrected chi connectivity index (χ1v) is 8.74. The molecule has 120 valence electrons. The second kappa shape index (κ2) is 6.41. The molecule has 3 heteroatoms. The van der Waals surface area contributed by atoms with Crippen molar-refractivity contribution in [1.82, 2.24) is 10.2 Å². The van der Waals surface area contributed by atoms with Crippen LogP contribution in [0.15, 0.2) is 24.3 Å². The molecule has 3 rings (SSSR count). The highest BCUT2D eigenvalue weighted by atomic mass is 16.2. The average Bonchev–Trinajstić information content (AvgIpc) is 2.55. The highest BCUT2D eigenvalue weighted by Crippen LogP contribution is 2.30. The number of nitrogens with one attached hydrogen (secondary N) is 1. The van der Waals surface area contributed by atoms with Gasteiger partial charge in [0.2, 0.25) is 0 Å². The maximum atomic E-state index is 12.8. The molecule has 3 nitrogen and oxygen atoms in total. The van der Waals surface area contributed by atoms with Crippen LogP contribution in [0.1, 0.15) is 67.8 Å². The van der Waals surface area contributed by atoms with Crippen LogP contribution in [-0.2, 0) is 0 Å². The summed E-state index contributed by atoms with van der Waals surface area (Å²) in [5.41, 5.74) is 2.31. The number of rotatable bonds is 2. The third kappa shape index (κ3) is 3.19. The topological polar surface area (TPSA) is 32.3 Å². The van der Waals surface area contributed by atoms with E-state index in [2.05, 4.69) is 36.2 Å². The van der Waals surface area contributed by atoms with Crippen molar-refractivity contribution < 1.29 is 4.79 Å². The zero-order valence-electron chi connectivity index (χ0n) is 13.9. The molecule has 1 amide bonds. The first kappa shape index (κ1) is 15.5. The van der Waals surface area contributed by atoms with Gasteiger partial charge in [-0.3, -0.25) is 4.79 Å². The van der Waals surface area contributed by atoms with Crippen molar-refractivity contribution in [2.75, 3.05) is 19.6 Å². The van der Waals surface area contributed by atoms with E-state index in [0.717, 1.165) is 31.6 Å². The van der Waals surface area contributed by atoms with E-state index in [-0.39, 0.29) is 11.4 Å². The van der Waals surface area contributed by atoms with Crippen LogP contribution in [-0.4, -0.2) is 36.0 Å². The van der Waals surface area contributed by atoms with Crippen LogP contribution >= 0.6 is 0 Å². The molecule has 0 aromatic heterocycles. The number of piperidine rings is 2. The van der Waals surface area contributed by atoms with E-state index in [1.54, 1.807) is 0 Å². The van der Waals surface area contributed by atoms with Crippen LogP contribution in [0.4, 0.5) is 0 Å². The van der Waals surface area contributed by atoms with Crippen LogP contribution < -0.4 is 5.32 Å². The van der Waals surface area contributed by atoms with E-state index in [1.165, 1.54) is 31.2 Å². The van der Waals surface area contributed by atoms with E-state index in [4.69, 9.17) is 0 Å². The fourth-order valence-corrected chi connectivity index (χ4v) is 3.88. The fourth-order valence-electron chi connectivity index (χ4n) is 3.88. The zero-order chi connectivity index (χ0) is 15.6. The lowest BCUT2D eigenvalue weighted by Crippen LogP contribution is -2.59. The minimum atomic E-state index is 0.185. The molecule has 2 aliphatic rings. The lowest BCUT2D eigenvalue weighted by Gasteiger charge is -2.46. The SMILES string of the molecule is CC(C)c1ccc(C(=O)N2CCCC3(CCCCN3)C2)cc1. The second-order valence-corrected chi connectivity index (χ2v) is 7.27. The van der Waals surface area contributed by atoms with E-state index < -0.39 is 0 Å². The predicted molar refractivity (Wildman–Crippen MR) is 90.3 cm³/mol. The molecule has 2 saturated heterocycles. The summed E-state index contributed by atoms with van der Waals surface area (Å²) in [4.78, 5) is 14.9. The summed E-state index contributed by atoms with van der Waals surface area (Å²) in [5, 5.41) is 3.70. The van der Waals surface area contributed by atoms with Gasteiger partial charge in [-0.05, 0) is 55.8 Å². The van der Waals surface area contributed by atoms with Crippen molar-refractivity contribution in [2.45, 2.75) is 57.4 Å². The molecular formula is C19H28N2O. The summed E-state index contributed by atoms with van der Waals surface area (Å²) < 4.78 is 0. The molecule has 2 heterocycles. The minimum Gasteiger partial charge on any atom is -0.337 e. The van der Waals surface area contributed by atoms with Gasteiger partial charge in [-0.2, -0.15) is 0 Å². The van der Waals surface area contributed by atoms with Crippen LogP contribution in [0, 0.1) is 0 Å². The van der Waals surface area contributed by atoms with E-state index in [9.17, 15) is 4.79 Å². The Balaban J connectivity index is 1.71. The number of nitrogens with zero attached hydrogens (tertiary/aromatic N) is 1. The quantitative estimate of drug-likeness (QED) is 0.906. The molecule has 1 aromatic carbocycles. The first-order chi connectivity index (χ1) is 10.6. The number of carbonyl (C=O) groups excluding carboxylic acids is 1. The predicted octanol–water partition coefficient (Wildman–Crippen LogP) is 3.56. The molecule has 0 bridgehead atoms. The summed E-state index contributed by atoms with van der Waals surface area (Å²) in [6.45, 7) is 7.23. The Bertz CT molecular complexity index is 509. The summed E-state index contributed by atoms with van der Waals surface area (Å²) in [6.07, 6.45) is 6.10. The number of hydrogen-bond donors (Lipinski definition) is 1. The fraction of sp³-hybridized carbons (Fsp3) is 0.632. The summed E-state index contributed by atoms with van der Waals surface area (Å²) in [5.74, 6) is 0.704. The van der Waals surface area contributed by atoms with E-state index in [1.807, 2.05) is 12.1 Å². The molecule has 22 heavy (non-hydrogen) atoms. The van der Waals surface area contributed by atoms with Crippen LogP contribution in [0.2, 0.25) is 0 Å². The van der Waals surface area contributed by atoms with Gasteiger partial charge in [0, 0.05) is 24.2 Å². The van der Waals surface area contributed by atoms with Crippen molar-refractivity contribution in [1.29, 1.82) is 0 Å². The molecule has 1 N–H and O–H groups in total. The Morgan fingerprint density at radius 2 is 1.86 bits per heavy atom. The maximum absolute atomic E-state index is 12.8. The van der Waals surface area contributed by atoms with Gasteiger partial charge in [-0.25, -0.2) is 0 Å². The lowest BCUT2D eigenvalue weighted by atomic mass is 9.81. The highest BCUT2D eigenvalue weighted by molar-refractivity contribution is 5.94. The standard InChI is InChI=1S/C19H28N2O/c1-15(2)16-6-8-17(9-7-16)18(22)21-13-5-11-19(14-21)10-3-4-12-20-19/h6-9,15,20H,3-5,10-14H2,1-2H3. The summed E-state index contributed by atoms with van der Waals surface area (Å²) >= 11 is 0. The molecule has 1 atom stereocenters. The van der Waals surface area contributed by atoms with Crippen LogP contribution in [0.5, 0.6) is 0 Å². The normalized spacial score (nSPS) is 25.7. The molecule has 0 radical (unpaired) electrons. The van der Waals surface area contributed by atoms with Crippen molar-refractivity contribution in [2.24, 2.45) is 0 Å². The average molecular weight is 300 g/mol. The Morgan fingerprint density at radius 1 is 1.14 bits per heavy atom. The minimum absolute atomic E-state index is 0.185. The van der Waals surface area contributed by atoms with Gasteiger partial charge >= 0.3 is 0 Å². The maximum Gasteiger partial charge on any atom is 0.253 e. The molecule has 2 aliphatic heterocycles. The molecular weight excluding hydrogens is 272 g/mol. The highest BCUT2D eigenvalue weighted by Gasteiger charge is 2.37. The molecule has 0 aliphatic carbocycles. The van der Waals surface area contributed by atoms with Gasteiger partial charge in [0.1, 0.15) is 0 Å². The van der Waals surface area contributed by atoms with Gasteiger partial charge in [0.25, 0.3) is 5.91 Å². The Kier molecular flexibility index (Phi) is 4.53. The van der Waals surface area contributed by atoms with Crippen molar-refractivity contribution in [3.63, 3.8) is 0 Å². The van der Waals surface area contributed by atoms with E-state index in [0.29, 0.717) is 5.92 Å². The van der Waals surface area contributed by atoms with Crippen molar-refractivity contribution in [3.05, 3.63) is 35.4 Å². The van der Waals surface area contributed by atoms with Gasteiger partial charge in [0.05, 0.1) is 0 Å². The Labute approximate surface area is 134 Å². The summed E-state index contributed by atoms with van der Waals surface area (Å²) in [6, 6.07) is 8.17. The number of amides is 1. The Morgan fingerprint density at radius 3 is 2.50 bits per heavy atom. The molecule has 0 saturated carbocycles.